The first-order valence-corrected chi connectivity index (χ1v) is 11.5. The predicted octanol–water partition coefficient (Wildman–Crippen LogP) is 5.84. The van der Waals surface area contributed by atoms with Crippen molar-refractivity contribution < 1.29 is 43.6 Å². The Morgan fingerprint density at radius 3 is 1.47 bits per heavy atom. The third-order valence-electron chi connectivity index (χ3n) is 6.16. The van der Waals surface area contributed by atoms with Crippen LogP contribution in [0, 0.1) is 0 Å². The lowest BCUT2D eigenvalue weighted by molar-refractivity contribution is -0.111. The quantitative estimate of drug-likeness (QED) is 0.233. The van der Waals surface area contributed by atoms with Crippen LogP contribution >= 0.6 is 0 Å². The van der Waals surface area contributed by atoms with Gasteiger partial charge in [0.25, 0.3) is 0 Å². The molecule has 190 valence electrons. The van der Waals surface area contributed by atoms with E-state index < -0.39 is 11.9 Å². The number of rotatable bonds is 6. The van der Waals surface area contributed by atoms with E-state index in [1.807, 2.05) is 0 Å². The van der Waals surface area contributed by atoms with Crippen molar-refractivity contribution in [3.05, 3.63) is 94.5 Å². The van der Waals surface area contributed by atoms with Crippen molar-refractivity contribution in [1.82, 2.24) is 0 Å². The normalized spacial score (nSPS) is 15.4. The molecule has 9 heteroatoms. The minimum atomic E-state index is -1.26. The number of benzene rings is 2. The number of hydrogen-bond acceptors (Lipinski definition) is 7. The number of ketones is 1. The van der Waals surface area contributed by atoms with Crippen molar-refractivity contribution in [2.75, 3.05) is 0 Å². The van der Waals surface area contributed by atoms with Crippen LogP contribution in [0.1, 0.15) is 45.1 Å². The number of carbonyl (C=O) groups is 3. The second kappa shape index (κ2) is 9.62. The van der Waals surface area contributed by atoms with Gasteiger partial charge < -0.3 is 29.3 Å². The average Bonchev–Trinajstić information content (AvgIpc) is 3.62. The van der Waals surface area contributed by atoms with E-state index in [1.54, 1.807) is 36.4 Å². The third-order valence-corrected chi connectivity index (χ3v) is 6.16. The van der Waals surface area contributed by atoms with E-state index in [4.69, 9.17) is 8.83 Å². The number of Topliss-reactive ketones (excluding diaryl/α,β-unsaturated/α-hetero) is 1. The predicted molar refractivity (Wildman–Crippen MR) is 136 cm³/mol. The molecule has 1 saturated carbocycles. The molecule has 1 aliphatic rings. The third kappa shape index (κ3) is 4.72. The lowest BCUT2D eigenvalue weighted by atomic mass is 10.1. The first-order valence-electron chi connectivity index (χ1n) is 11.5. The Hall–Kier alpha value is -5.31. The maximum absolute atomic E-state index is 13.0. The summed E-state index contributed by atoms with van der Waals surface area (Å²) in [6.45, 7) is 0. The maximum atomic E-state index is 13.0. The number of carbonyl (C=O) groups excluding carboxylic acids is 1. The van der Waals surface area contributed by atoms with Crippen LogP contribution in [-0.2, 0) is 4.79 Å². The van der Waals surface area contributed by atoms with E-state index in [0.717, 1.165) is 0 Å². The molecule has 1 fully saturated rings. The van der Waals surface area contributed by atoms with Crippen molar-refractivity contribution >= 4 is 29.9 Å². The minimum absolute atomic E-state index is 0.156. The molecule has 4 aromatic rings. The average molecular weight is 512 g/mol. The number of carboxylic acids is 2. The summed E-state index contributed by atoms with van der Waals surface area (Å²) in [5.41, 5.74) is 1.56. The summed E-state index contributed by atoms with van der Waals surface area (Å²) in [7, 11) is 0. The van der Waals surface area contributed by atoms with Gasteiger partial charge in [-0.2, -0.15) is 0 Å². The number of furan rings is 2. The first kappa shape index (κ1) is 24.4. The molecule has 2 aromatic carbocycles. The van der Waals surface area contributed by atoms with Crippen molar-refractivity contribution in [3.63, 3.8) is 0 Å². The summed E-state index contributed by atoms with van der Waals surface area (Å²) in [4.78, 5) is 35.5. The van der Waals surface area contributed by atoms with Crippen LogP contribution in [0.5, 0.6) is 11.5 Å². The molecule has 0 aliphatic heterocycles. The summed E-state index contributed by atoms with van der Waals surface area (Å²) in [6.07, 6.45) is 4.28. The number of allylic oxidation sites excluding steroid dienone is 2. The Morgan fingerprint density at radius 2 is 1.08 bits per heavy atom. The zero-order chi connectivity index (χ0) is 27.0. The van der Waals surface area contributed by atoms with Gasteiger partial charge in [0.05, 0.1) is 0 Å². The molecule has 2 heterocycles. The highest BCUT2D eigenvalue weighted by Gasteiger charge is 2.24. The van der Waals surface area contributed by atoms with Gasteiger partial charge in [-0.1, -0.05) is 0 Å². The van der Waals surface area contributed by atoms with E-state index in [1.165, 1.54) is 36.4 Å². The van der Waals surface area contributed by atoms with Crippen molar-refractivity contribution in [1.29, 1.82) is 0 Å². The topological polar surface area (TPSA) is 158 Å². The van der Waals surface area contributed by atoms with E-state index >= 15 is 0 Å². The van der Waals surface area contributed by atoms with Crippen LogP contribution < -0.4 is 0 Å². The van der Waals surface area contributed by atoms with E-state index in [2.05, 4.69) is 0 Å². The molecule has 0 atom stereocenters. The fourth-order valence-electron chi connectivity index (χ4n) is 4.21. The molecule has 0 spiro atoms. The molecule has 0 saturated heterocycles. The smallest absolute Gasteiger partial charge is 0.339 e. The summed E-state index contributed by atoms with van der Waals surface area (Å²) in [6, 6.07) is 14.9. The first-order chi connectivity index (χ1) is 18.2. The number of aromatic hydroxyl groups is 2. The van der Waals surface area contributed by atoms with Gasteiger partial charge in [0.1, 0.15) is 45.7 Å². The molecular weight excluding hydrogens is 492 g/mol. The van der Waals surface area contributed by atoms with Gasteiger partial charge in [0.15, 0.2) is 5.78 Å². The highest BCUT2D eigenvalue weighted by atomic mass is 16.4. The molecule has 0 unspecified atom stereocenters. The second-order valence-corrected chi connectivity index (χ2v) is 8.65. The van der Waals surface area contributed by atoms with Crippen LogP contribution in [0.15, 0.2) is 80.6 Å². The summed E-state index contributed by atoms with van der Waals surface area (Å²) >= 11 is 0. The van der Waals surface area contributed by atoms with Crippen molar-refractivity contribution in [2.45, 2.75) is 12.8 Å². The van der Waals surface area contributed by atoms with Gasteiger partial charge in [0.2, 0.25) is 0 Å². The summed E-state index contributed by atoms with van der Waals surface area (Å²) < 4.78 is 11.6. The SMILES string of the molecule is O=C1/C(=C/c2ccc(-c3ccc(O)c(C(=O)O)c3)o2)CC/C1=C\c1ccc(-c2ccc(O)c(C(=O)O)c2)o1. The molecule has 0 radical (unpaired) electrons. The Labute approximate surface area is 215 Å². The van der Waals surface area contributed by atoms with Gasteiger partial charge in [0, 0.05) is 22.3 Å². The zero-order valence-electron chi connectivity index (χ0n) is 19.7. The Bertz CT molecular complexity index is 1540. The lowest BCUT2D eigenvalue weighted by Gasteiger charge is -2.02. The Morgan fingerprint density at radius 1 is 0.658 bits per heavy atom. The number of carboxylic acid groups (broad SMARTS) is 2. The maximum Gasteiger partial charge on any atom is 0.339 e. The van der Waals surface area contributed by atoms with Crippen molar-refractivity contribution in [2.24, 2.45) is 0 Å². The van der Waals surface area contributed by atoms with Crippen LogP contribution in [-0.4, -0.2) is 38.1 Å². The largest absolute Gasteiger partial charge is 0.507 e. The van der Waals surface area contributed by atoms with Gasteiger partial charge in [-0.3, -0.25) is 4.79 Å². The molecular formula is C29H20O9. The van der Waals surface area contributed by atoms with Gasteiger partial charge >= 0.3 is 11.9 Å². The summed E-state index contributed by atoms with van der Waals surface area (Å²) in [5, 5.41) is 37.8. The van der Waals surface area contributed by atoms with Gasteiger partial charge in [-0.25, -0.2) is 9.59 Å². The van der Waals surface area contributed by atoms with Crippen molar-refractivity contribution in [3.8, 4) is 34.1 Å². The molecule has 9 nitrogen and oxygen atoms in total. The molecule has 5 rings (SSSR count). The molecule has 2 aromatic heterocycles. The molecule has 4 N–H and O–H groups in total. The zero-order valence-corrected chi connectivity index (χ0v) is 19.7. The van der Waals surface area contributed by atoms with Crippen LogP contribution in [0.25, 0.3) is 34.8 Å². The molecule has 0 bridgehead atoms. The Balaban J connectivity index is 1.34. The number of hydrogen-bond donors (Lipinski definition) is 4. The fraction of sp³-hybridized carbons (Fsp3) is 0.0690. The molecule has 1 aliphatic carbocycles. The Kier molecular flexibility index (Phi) is 6.18. The highest BCUT2D eigenvalue weighted by molar-refractivity contribution is 6.15. The molecule has 0 amide bonds. The number of aromatic carboxylic acids is 2. The monoisotopic (exact) mass is 512 g/mol. The van der Waals surface area contributed by atoms with E-state index in [-0.39, 0.29) is 28.4 Å². The lowest BCUT2D eigenvalue weighted by Crippen LogP contribution is -1.96. The van der Waals surface area contributed by atoms with Crippen LogP contribution in [0.3, 0.4) is 0 Å². The summed E-state index contributed by atoms with van der Waals surface area (Å²) in [5.74, 6) is -1.72. The second-order valence-electron chi connectivity index (χ2n) is 8.65. The standard InChI is InChI=1S/C29H20O9/c30-23-7-3-15(13-21(23)28(33)34)25-9-5-19(37-25)11-17-1-2-18(27(17)32)12-20-6-10-26(38-20)16-4-8-24(31)22(14-16)29(35)36/h3-14,30-31H,1-2H2,(H,33,34)(H,35,36)/b17-11+,18-12+. The van der Waals surface area contributed by atoms with Gasteiger partial charge in [-0.15, -0.1) is 0 Å². The van der Waals surface area contributed by atoms with E-state index in [9.17, 15) is 34.8 Å². The van der Waals surface area contributed by atoms with Crippen LogP contribution in [0.4, 0.5) is 0 Å². The van der Waals surface area contributed by atoms with Gasteiger partial charge in [-0.05, 0) is 85.7 Å². The fourth-order valence-corrected chi connectivity index (χ4v) is 4.21. The molecule has 38 heavy (non-hydrogen) atoms. The highest BCUT2D eigenvalue weighted by Crippen LogP contribution is 2.33. The minimum Gasteiger partial charge on any atom is -0.507 e. The van der Waals surface area contributed by atoms with Crippen LogP contribution in [0.2, 0.25) is 0 Å². The number of phenols is 2. The van der Waals surface area contributed by atoms with E-state index in [0.29, 0.717) is 58.2 Å².